The van der Waals surface area contributed by atoms with Gasteiger partial charge >= 0.3 is 0 Å². The third-order valence-electron chi connectivity index (χ3n) is 5.50. The van der Waals surface area contributed by atoms with Gasteiger partial charge in [-0.05, 0) is 49.1 Å². The Balaban J connectivity index is 1.69. The largest absolute Gasteiger partial charge is 0.496 e. The van der Waals surface area contributed by atoms with Crippen molar-refractivity contribution in [1.82, 2.24) is 0 Å². The number of hydrogen-bond acceptors (Lipinski definition) is 4. The van der Waals surface area contributed by atoms with Crippen LogP contribution in [0.15, 0.2) is 54.6 Å². The predicted molar refractivity (Wildman–Crippen MR) is 121 cm³/mol. The molecule has 3 rings (SSSR count). The minimum atomic E-state index is -3.18. The Morgan fingerprint density at radius 1 is 1.10 bits per heavy atom. The van der Waals surface area contributed by atoms with E-state index >= 15 is 0 Å². The summed E-state index contributed by atoms with van der Waals surface area (Å²) in [6.45, 7) is 1.85. The van der Waals surface area contributed by atoms with Gasteiger partial charge in [0.15, 0.2) is 9.84 Å². The van der Waals surface area contributed by atoms with E-state index in [-0.39, 0.29) is 16.9 Å². The highest BCUT2D eigenvalue weighted by molar-refractivity contribution is 7.91. The van der Waals surface area contributed by atoms with Crippen molar-refractivity contribution in [2.45, 2.75) is 50.0 Å². The zero-order valence-corrected chi connectivity index (χ0v) is 18.4. The van der Waals surface area contributed by atoms with Gasteiger partial charge in [-0.3, -0.25) is 4.79 Å². The second-order valence-corrected chi connectivity index (χ2v) is 10.1. The van der Waals surface area contributed by atoms with Gasteiger partial charge < -0.3 is 10.1 Å². The van der Waals surface area contributed by atoms with Crippen molar-refractivity contribution in [3.05, 3.63) is 65.7 Å². The lowest BCUT2D eigenvalue weighted by atomic mass is 10.0. The minimum Gasteiger partial charge on any atom is -0.496 e. The van der Waals surface area contributed by atoms with Crippen LogP contribution in [0.3, 0.4) is 0 Å². The number of allylic oxidation sites excluding steroid dienone is 1. The standard InChI is InChI=1S/C24H29NO4S/c1-18(22-13-6-7-14-23(22)29-2)15-24(26)25-20-10-8-9-19(16-20)17-30(27,28)21-11-4-3-5-12-21/h6-10,13-16,21H,3-5,11-12,17H2,1-2H3,(H,25,26)/b18-15+. The number of ether oxygens (including phenoxy) is 1. The molecule has 5 nitrogen and oxygen atoms in total. The molecular formula is C24H29NO4S. The molecule has 0 spiro atoms. The maximum absolute atomic E-state index is 12.7. The second kappa shape index (κ2) is 9.94. The Kier molecular flexibility index (Phi) is 7.32. The SMILES string of the molecule is COc1ccccc1/C(C)=C/C(=O)Nc1cccc(CS(=O)(=O)C2CCCCC2)c1. The van der Waals surface area contributed by atoms with Gasteiger partial charge in [-0.2, -0.15) is 0 Å². The van der Waals surface area contributed by atoms with Gasteiger partial charge in [0.1, 0.15) is 5.75 Å². The summed E-state index contributed by atoms with van der Waals surface area (Å²) in [7, 11) is -1.59. The van der Waals surface area contributed by atoms with Crippen molar-refractivity contribution < 1.29 is 17.9 Å². The smallest absolute Gasteiger partial charge is 0.248 e. The molecule has 1 N–H and O–H groups in total. The van der Waals surface area contributed by atoms with Gasteiger partial charge in [-0.25, -0.2) is 8.42 Å². The topological polar surface area (TPSA) is 72.5 Å². The van der Waals surface area contributed by atoms with Crippen LogP contribution in [0.5, 0.6) is 5.75 Å². The number of methoxy groups -OCH3 is 1. The van der Waals surface area contributed by atoms with Crippen LogP contribution in [0, 0.1) is 0 Å². The Bertz CT molecular complexity index is 1020. The normalized spacial score (nSPS) is 15.6. The Morgan fingerprint density at radius 2 is 1.83 bits per heavy atom. The number of para-hydroxylation sites is 1. The van der Waals surface area contributed by atoms with Crippen LogP contribution in [0.4, 0.5) is 5.69 Å². The summed E-state index contributed by atoms with van der Waals surface area (Å²) in [5, 5.41) is 2.59. The molecule has 0 atom stereocenters. The van der Waals surface area contributed by atoms with E-state index in [9.17, 15) is 13.2 Å². The highest BCUT2D eigenvalue weighted by atomic mass is 32.2. The number of carbonyl (C=O) groups is 1. The Morgan fingerprint density at radius 3 is 2.57 bits per heavy atom. The average Bonchev–Trinajstić information content (AvgIpc) is 2.74. The quantitative estimate of drug-likeness (QED) is 0.632. The lowest BCUT2D eigenvalue weighted by Gasteiger charge is -2.21. The predicted octanol–water partition coefficient (Wildman–Crippen LogP) is 4.98. The average molecular weight is 428 g/mol. The molecular weight excluding hydrogens is 398 g/mol. The molecule has 0 radical (unpaired) electrons. The maximum atomic E-state index is 12.7. The molecule has 30 heavy (non-hydrogen) atoms. The summed E-state index contributed by atoms with van der Waals surface area (Å²) in [4.78, 5) is 12.5. The molecule has 0 aromatic heterocycles. The molecule has 2 aromatic rings. The number of nitrogens with one attached hydrogen (secondary N) is 1. The number of hydrogen-bond donors (Lipinski definition) is 1. The third-order valence-corrected chi connectivity index (χ3v) is 7.72. The first-order valence-corrected chi connectivity index (χ1v) is 12.0. The zero-order chi connectivity index (χ0) is 21.6. The number of benzene rings is 2. The number of sulfone groups is 1. The second-order valence-electron chi connectivity index (χ2n) is 7.78. The summed E-state index contributed by atoms with van der Waals surface area (Å²) in [6, 6.07) is 14.6. The molecule has 1 amide bonds. The van der Waals surface area contributed by atoms with Crippen LogP contribution >= 0.6 is 0 Å². The van der Waals surface area contributed by atoms with Gasteiger partial charge in [0.25, 0.3) is 0 Å². The Labute approximate surface area is 179 Å². The van der Waals surface area contributed by atoms with Gasteiger partial charge in [-0.1, -0.05) is 49.6 Å². The highest BCUT2D eigenvalue weighted by Crippen LogP contribution is 2.27. The summed E-state index contributed by atoms with van der Waals surface area (Å²) in [6.07, 6.45) is 6.12. The zero-order valence-electron chi connectivity index (χ0n) is 17.6. The molecule has 1 aliphatic carbocycles. The van der Waals surface area contributed by atoms with Crippen LogP contribution in [0.25, 0.3) is 5.57 Å². The molecule has 0 heterocycles. The molecule has 1 fully saturated rings. The molecule has 0 aliphatic heterocycles. The number of rotatable bonds is 7. The molecule has 0 unspecified atom stereocenters. The van der Waals surface area contributed by atoms with E-state index in [1.807, 2.05) is 31.2 Å². The molecule has 0 bridgehead atoms. The first kappa shape index (κ1) is 22.1. The summed E-state index contributed by atoms with van der Waals surface area (Å²) >= 11 is 0. The first-order chi connectivity index (χ1) is 14.4. The molecule has 0 saturated heterocycles. The molecule has 1 saturated carbocycles. The number of anilines is 1. The van der Waals surface area contributed by atoms with E-state index in [1.165, 1.54) is 6.08 Å². The van der Waals surface area contributed by atoms with Crippen molar-refractivity contribution in [1.29, 1.82) is 0 Å². The molecule has 1 aliphatic rings. The van der Waals surface area contributed by atoms with Crippen LogP contribution in [0.2, 0.25) is 0 Å². The van der Waals surface area contributed by atoms with E-state index in [0.717, 1.165) is 43.2 Å². The molecule has 6 heteroatoms. The summed E-state index contributed by atoms with van der Waals surface area (Å²) in [5.41, 5.74) is 2.91. The minimum absolute atomic E-state index is 0.0114. The van der Waals surface area contributed by atoms with Crippen LogP contribution in [-0.2, 0) is 20.4 Å². The van der Waals surface area contributed by atoms with Crippen LogP contribution in [-0.4, -0.2) is 26.7 Å². The van der Waals surface area contributed by atoms with Gasteiger partial charge in [0, 0.05) is 17.3 Å². The van der Waals surface area contributed by atoms with E-state index in [2.05, 4.69) is 5.32 Å². The number of carbonyl (C=O) groups excluding carboxylic acids is 1. The fraction of sp³-hybridized carbons (Fsp3) is 0.375. The van der Waals surface area contributed by atoms with Gasteiger partial charge in [0.2, 0.25) is 5.91 Å². The van der Waals surface area contributed by atoms with Crippen LogP contribution < -0.4 is 10.1 Å². The summed E-state index contributed by atoms with van der Waals surface area (Å²) in [5.74, 6) is 0.442. The van der Waals surface area contributed by atoms with Crippen molar-refractivity contribution >= 4 is 27.0 Å². The molecule has 2 aromatic carbocycles. The summed E-state index contributed by atoms with van der Waals surface area (Å²) < 4.78 is 30.8. The van der Waals surface area contributed by atoms with Crippen molar-refractivity contribution in [2.24, 2.45) is 0 Å². The van der Waals surface area contributed by atoms with Gasteiger partial charge in [-0.15, -0.1) is 0 Å². The van der Waals surface area contributed by atoms with Gasteiger partial charge in [0.05, 0.1) is 18.1 Å². The van der Waals surface area contributed by atoms with E-state index in [0.29, 0.717) is 17.0 Å². The van der Waals surface area contributed by atoms with E-state index in [1.54, 1.807) is 31.4 Å². The Hall–Kier alpha value is -2.60. The van der Waals surface area contributed by atoms with E-state index in [4.69, 9.17) is 4.74 Å². The third kappa shape index (κ3) is 5.72. The lowest BCUT2D eigenvalue weighted by Crippen LogP contribution is -2.25. The monoisotopic (exact) mass is 427 g/mol. The van der Waals surface area contributed by atoms with E-state index < -0.39 is 9.84 Å². The van der Waals surface area contributed by atoms with Crippen LogP contribution in [0.1, 0.15) is 50.2 Å². The first-order valence-electron chi connectivity index (χ1n) is 10.3. The fourth-order valence-corrected chi connectivity index (χ4v) is 5.87. The van der Waals surface area contributed by atoms with Crippen molar-refractivity contribution in [3.63, 3.8) is 0 Å². The van der Waals surface area contributed by atoms with Crippen molar-refractivity contribution in [3.8, 4) is 5.75 Å². The molecule has 160 valence electrons. The highest BCUT2D eigenvalue weighted by Gasteiger charge is 2.27. The lowest BCUT2D eigenvalue weighted by molar-refractivity contribution is -0.111. The fourth-order valence-electron chi connectivity index (χ4n) is 3.94. The maximum Gasteiger partial charge on any atom is 0.248 e. The number of amides is 1. The van der Waals surface area contributed by atoms with Crippen molar-refractivity contribution in [2.75, 3.05) is 12.4 Å².